The van der Waals surface area contributed by atoms with Crippen LogP contribution in [0.2, 0.25) is 0 Å². The first kappa shape index (κ1) is 151. The Labute approximate surface area is 862 Å². The molecule has 17 N–H and O–H groups in total. The number of amidine groups is 2. The van der Waals surface area contributed by atoms with E-state index in [1.165, 1.54) is 23.5 Å². The van der Waals surface area contributed by atoms with E-state index >= 15 is 0 Å². The number of aliphatic imine (C=N–C) groups is 2. The molecule has 0 unspecified atom stereocenters. The summed E-state index contributed by atoms with van der Waals surface area (Å²) in [6, 6.07) is 10.5. The molecule has 824 valence electrons. The number of aliphatic hydroxyl groups is 2. The fraction of sp³-hybridized carbons (Fsp3) is 0.720. The molecule has 7 aromatic rings. The average molecular weight is 2010 g/mol. The molecule has 8 heterocycles. The summed E-state index contributed by atoms with van der Waals surface area (Å²) in [6.07, 6.45) is 12.3. The summed E-state index contributed by atoms with van der Waals surface area (Å²) in [7, 11) is 0. The second kappa shape index (κ2) is 92.5. The second-order valence-electron chi connectivity index (χ2n) is 42.0. The molecule has 0 saturated heterocycles. The number of nitrogens with zero attached hydrogens (tertiary/aromatic N) is 16. The second-order valence-corrected chi connectivity index (χ2v) is 42.0. The van der Waals surface area contributed by atoms with Crippen LogP contribution >= 0.6 is 0 Å². The van der Waals surface area contributed by atoms with E-state index in [-0.39, 0.29) is 61.3 Å². The van der Waals surface area contributed by atoms with Crippen LogP contribution in [0.4, 0.5) is 0 Å². The number of allylic oxidation sites excluding steroid dienone is 4. The zero-order chi connectivity index (χ0) is 113. The summed E-state index contributed by atoms with van der Waals surface area (Å²) in [4.78, 5) is 90.6. The van der Waals surface area contributed by atoms with Crippen molar-refractivity contribution in [1.29, 1.82) is 0 Å². The lowest BCUT2D eigenvalue weighted by Crippen LogP contribution is -2.20. The number of carbonyl (C=O) groups is 4. The summed E-state index contributed by atoms with van der Waals surface area (Å²) in [5, 5.41) is 69.3. The number of aromatic nitrogens is 18. The molecule has 0 spiro atoms. The van der Waals surface area contributed by atoms with Gasteiger partial charge in [0, 0.05) is 153 Å². The maximum absolute atomic E-state index is 11.0. The highest BCUT2D eigenvalue weighted by Gasteiger charge is 2.13. The number of amides is 2. The quantitative estimate of drug-likeness (QED) is 0.0152. The molecule has 0 aromatic carbocycles. The molecule has 0 fully saturated rings. The Morgan fingerprint density at radius 1 is 0.373 bits per heavy atom. The van der Waals surface area contributed by atoms with E-state index in [9.17, 15) is 28.8 Å². The fourth-order valence-electron chi connectivity index (χ4n) is 7.63. The molecule has 35 heteroatoms. The third kappa shape index (κ3) is 109. The van der Waals surface area contributed by atoms with Gasteiger partial charge in [0.1, 0.15) is 29.8 Å². The van der Waals surface area contributed by atoms with Gasteiger partial charge < -0.3 is 53.1 Å². The molecular formula is C107H213N27O8. The van der Waals surface area contributed by atoms with Crippen LogP contribution < -0.4 is 34.1 Å². The largest absolute Gasteiger partial charge is 0.512 e. The Balaban J connectivity index is -0.000000129. The van der Waals surface area contributed by atoms with Crippen molar-refractivity contribution in [2.24, 2.45) is 137 Å². The molecule has 2 amide bonds. The van der Waals surface area contributed by atoms with Crippen molar-refractivity contribution in [3.8, 4) is 0 Å². The minimum absolute atomic E-state index is 0. The molecule has 1 aliphatic heterocycles. The number of hydrogen-bond donors (Lipinski definition) is 13. The van der Waals surface area contributed by atoms with Crippen LogP contribution in [-0.4, -0.2) is 161 Å². The zero-order valence-corrected chi connectivity index (χ0v) is 98.2. The molecule has 8 rings (SSSR count). The number of carbonyl (C=O) groups excluding carboxylic acids is 4. The normalized spacial score (nSPS) is 11.4. The van der Waals surface area contributed by atoms with E-state index < -0.39 is 0 Å². The molecule has 142 heavy (non-hydrogen) atoms. The van der Waals surface area contributed by atoms with Crippen molar-refractivity contribution < 1.29 is 32.2 Å². The van der Waals surface area contributed by atoms with Crippen LogP contribution in [0.15, 0.2) is 120 Å². The van der Waals surface area contributed by atoms with Crippen LogP contribution in [0.5, 0.6) is 0 Å². The Kier molecular flexibility index (Phi) is 98.6. The standard InChI is InChI=1S/2C9H16N2.4C8H16O.2C7H16N2.C5H9N3.2C5H5NO.3C4H8N4.2C4H9NO.2C4H10.2H2/c2*1-6(2)8-5-10-9(11-8)7(3)4;4*1-6(2)5-8(9)7(3)4;2*1-5(2)7(8)9-6(3)4;1-4(2)5-3-6-8-7-5;2*7-5-3-1-2-4-6-5;3*1-3(2)4-5-7-8-6-4;2*1-3(2)4(5)6;2*1-4(2)3;;/h2*5-7H,1-4H3,(H,10,11);2*6-7H,5H2,1-4H3;2*5-7,9H,1-4H3;2*5-6H,1-4H3,(H2,8,9);4H,3H2,1-2H3;2*1-4H,(H,6,7);3*3H,1-2H3,(H,5,6,7,8);2*3H,1-2H3,(H2,5,6);2*4H,1-3H3;2*1H/b;;;;2*8-5-;;;;;;;;;;;;;;. The number of pyridine rings is 2. The van der Waals surface area contributed by atoms with Gasteiger partial charge in [-0.25, -0.2) is 9.97 Å². The predicted molar refractivity (Wildman–Crippen MR) is 600 cm³/mol. The maximum Gasteiger partial charge on any atom is 0.247 e. The van der Waals surface area contributed by atoms with Crippen molar-refractivity contribution in [3.63, 3.8) is 0 Å². The molecule has 0 bridgehead atoms. The van der Waals surface area contributed by atoms with Crippen LogP contribution in [0.25, 0.3) is 0 Å². The van der Waals surface area contributed by atoms with Crippen molar-refractivity contribution in [1.82, 2.24) is 91.8 Å². The average Bonchev–Trinajstić information content (AvgIpc) is 1.75. The van der Waals surface area contributed by atoms with E-state index in [0.29, 0.717) is 125 Å². The van der Waals surface area contributed by atoms with Gasteiger partial charge in [0.25, 0.3) is 0 Å². The first-order valence-corrected chi connectivity index (χ1v) is 50.8. The number of nitrogens with two attached hydrogens (primary N) is 4. The number of H-pyrrole nitrogens is 7. The van der Waals surface area contributed by atoms with E-state index in [4.69, 9.17) is 33.1 Å². The van der Waals surface area contributed by atoms with Crippen LogP contribution in [0.1, 0.15) is 444 Å². The first-order valence-electron chi connectivity index (χ1n) is 50.8. The summed E-state index contributed by atoms with van der Waals surface area (Å²) in [5.41, 5.74) is 24.2. The van der Waals surface area contributed by atoms with Crippen molar-refractivity contribution in [3.05, 3.63) is 146 Å². The zero-order valence-electron chi connectivity index (χ0n) is 98.2. The Morgan fingerprint density at radius 3 is 0.725 bits per heavy atom. The Hall–Kier alpha value is -10.9. The molecule has 35 nitrogen and oxygen atoms in total. The SMILES string of the molecule is CC(C)/C=C(\O)C(C)C.CC(C)/C=C(\O)C(C)C.CC(C)C.CC(C)C.CC(C)C(N)=O.CC(C)C(N)=O.CC(C)C1=NN=NC1.CC(C)CC(=O)C(C)C.CC(C)CC(=O)C(C)C.CC(C)N=C(N)C(C)C.CC(C)N=C(N)C(C)C.CC(C)c1cnc(C(C)C)[nH]1.CC(C)c1cnc(C(C)C)[nH]1.CC(C)c1nn[nH]n1.CC(C)c1nn[nH]n1.CC(C)c1nn[nH]n1.O=c1cccc[nH]1.O=c1cccc[nH]1.[HH].[HH]. The summed E-state index contributed by atoms with van der Waals surface area (Å²) in [6.45, 7) is 103. The smallest absolute Gasteiger partial charge is 0.247 e. The lowest BCUT2D eigenvalue weighted by Gasteiger charge is -2.05. The number of nitrogens with one attached hydrogen (secondary N) is 7. The van der Waals surface area contributed by atoms with Crippen LogP contribution in [-0.2, 0) is 19.2 Å². The number of aliphatic hydroxyl groups excluding tert-OH is 2. The summed E-state index contributed by atoms with van der Waals surface area (Å²) >= 11 is 0. The van der Waals surface area contributed by atoms with Crippen LogP contribution in [0.3, 0.4) is 0 Å². The number of ketones is 2. The third-order valence-corrected chi connectivity index (χ3v) is 16.5. The van der Waals surface area contributed by atoms with Gasteiger partial charge in [0.15, 0.2) is 17.5 Å². The minimum Gasteiger partial charge on any atom is -0.512 e. The molecule has 0 radical (unpaired) electrons. The Morgan fingerprint density at radius 2 is 0.641 bits per heavy atom. The molecule has 0 atom stereocenters. The van der Waals surface area contributed by atoms with E-state index in [1.54, 1.807) is 64.4 Å². The van der Waals surface area contributed by atoms with Gasteiger partial charge in [-0.2, -0.15) is 20.8 Å². The van der Waals surface area contributed by atoms with E-state index in [1.807, 2.05) is 177 Å². The lowest BCUT2D eigenvalue weighted by molar-refractivity contribution is -0.123. The molecule has 7 aromatic heterocycles. The molecule has 1 aliphatic rings. The fourth-order valence-corrected chi connectivity index (χ4v) is 7.63. The van der Waals surface area contributed by atoms with Crippen molar-refractivity contribution in [2.75, 3.05) is 6.54 Å². The Bertz CT molecular complexity index is 3950. The first-order chi connectivity index (χ1) is 65.2. The predicted octanol–water partition coefficient (Wildman–Crippen LogP) is 25.4. The number of primary amides is 2. The summed E-state index contributed by atoms with van der Waals surface area (Å²) < 4.78 is 0. The van der Waals surface area contributed by atoms with Gasteiger partial charge in [-0.1, -0.05) is 346 Å². The maximum atomic E-state index is 11.0. The third-order valence-electron chi connectivity index (χ3n) is 16.5. The van der Waals surface area contributed by atoms with Gasteiger partial charge in [-0.15, -0.1) is 35.7 Å². The van der Waals surface area contributed by atoms with Gasteiger partial charge in [0.2, 0.25) is 22.9 Å². The van der Waals surface area contributed by atoms with Crippen molar-refractivity contribution in [2.45, 2.75) is 413 Å². The van der Waals surface area contributed by atoms with Crippen molar-refractivity contribution >= 4 is 40.8 Å². The minimum atomic E-state index is -0.241. The molecule has 0 saturated carbocycles. The highest BCUT2D eigenvalue weighted by Crippen LogP contribution is 2.18. The molecular weight excluding hydrogens is 1790 g/mol. The van der Waals surface area contributed by atoms with Gasteiger partial charge >= 0.3 is 0 Å². The highest BCUT2D eigenvalue weighted by atomic mass is 16.3. The van der Waals surface area contributed by atoms with Gasteiger partial charge in [-0.3, -0.25) is 38.8 Å². The topological polar surface area (TPSA) is 561 Å². The van der Waals surface area contributed by atoms with E-state index in [0.717, 1.165) is 71.2 Å². The number of rotatable bonds is 24. The molecule has 0 aliphatic carbocycles. The van der Waals surface area contributed by atoms with Gasteiger partial charge in [-0.05, 0) is 110 Å². The van der Waals surface area contributed by atoms with E-state index in [2.05, 4.69) is 283 Å². The number of tetrazole rings is 3. The number of hydrogen-bond acceptors (Lipinski definition) is 24. The van der Waals surface area contributed by atoms with Gasteiger partial charge in [0.05, 0.1) is 28.9 Å². The number of imidazole rings is 2. The number of Topliss-reactive ketones (excluding diaryl/α,β-unsaturated/α-hetero) is 2. The lowest BCUT2D eigenvalue weighted by atomic mass is 9.99. The number of aromatic amines is 7. The van der Waals surface area contributed by atoms with Crippen LogP contribution in [0, 0.1) is 88.8 Å². The highest BCUT2D eigenvalue weighted by molar-refractivity contribution is 5.88. The monoisotopic (exact) mass is 2000 g/mol. The summed E-state index contributed by atoms with van der Waals surface area (Å²) in [5.74, 6) is 16.3.